The van der Waals surface area contributed by atoms with E-state index in [1.165, 1.54) is 22.7 Å². The SMILES string of the molecule is COc1ccc(NC(=O)c2nnc3n2C[C@@H]2CN(S(=O)(=O)N(C)C)C[C@H]2C3)cc1. The van der Waals surface area contributed by atoms with Crippen LogP contribution in [0.5, 0.6) is 5.75 Å². The lowest BCUT2D eigenvalue weighted by molar-refractivity contribution is 0.100. The number of aromatic nitrogens is 3. The minimum absolute atomic E-state index is 0.126. The molecule has 2 atom stereocenters. The van der Waals surface area contributed by atoms with Gasteiger partial charge in [0.15, 0.2) is 0 Å². The minimum Gasteiger partial charge on any atom is -0.497 e. The van der Waals surface area contributed by atoms with E-state index in [0.29, 0.717) is 37.5 Å². The summed E-state index contributed by atoms with van der Waals surface area (Å²) in [6.07, 6.45) is 0.604. The van der Waals surface area contributed by atoms with Crippen LogP contribution in [0.4, 0.5) is 5.69 Å². The van der Waals surface area contributed by atoms with Crippen LogP contribution in [-0.4, -0.2) is 72.0 Å². The van der Waals surface area contributed by atoms with Crippen LogP contribution in [0.15, 0.2) is 24.3 Å². The fraction of sp³-hybridized carbons (Fsp3) is 0.500. The topological polar surface area (TPSA) is 110 Å². The predicted octanol–water partition coefficient (Wildman–Crippen LogP) is 0.450. The molecule has 0 aliphatic carbocycles. The molecule has 1 N–H and O–H groups in total. The Morgan fingerprint density at radius 1 is 1.14 bits per heavy atom. The summed E-state index contributed by atoms with van der Waals surface area (Å²) in [5.74, 6) is 1.62. The van der Waals surface area contributed by atoms with Crippen molar-refractivity contribution in [1.29, 1.82) is 0 Å². The summed E-state index contributed by atoms with van der Waals surface area (Å²) in [6, 6.07) is 7.03. The zero-order valence-corrected chi connectivity index (χ0v) is 17.4. The molecule has 2 aliphatic rings. The summed E-state index contributed by atoms with van der Waals surface area (Å²) in [5.41, 5.74) is 0.631. The van der Waals surface area contributed by atoms with E-state index in [1.54, 1.807) is 31.4 Å². The summed E-state index contributed by atoms with van der Waals surface area (Å²) in [7, 11) is 1.21. The second-order valence-electron chi connectivity index (χ2n) is 7.56. The quantitative estimate of drug-likeness (QED) is 0.752. The number of carbonyl (C=O) groups excluding carboxylic acids is 1. The van der Waals surface area contributed by atoms with Crippen molar-refractivity contribution >= 4 is 21.8 Å². The van der Waals surface area contributed by atoms with E-state index in [2.05, 4.69) is 15.5 Å². The van der Waals surface area contributed by atoms with E-state index >= 15 is 0 Å². The molecule has 10 nitrogen and oxygen atoms in total. The number of nitrogens with one attached hydrogen (secondary N) is 1. The number of benzene rings is 1. The number of carbonyl (C=O) groups is 1. The van der Waals surface area contributed by atoms with Gasteiger partial charge in [-0.05, 0) is 36.1 Å². The third-order valence-corrected chi connectivity index (χ3v) is 7.44. The molecule has 1 fully saturated rings. The number of ether oxygens (including phenoxy) is 1. The number of hydrogen-bond acceptors (Lipinski definition) is 6. The highest BCUT2D eigenvalue weighted by Gasteiger charge is 2.43. The summed E-state index contributed by atoms with van der Waals surface area (Å²) in [6.45, 7) is 1.42. The van der Waals surface area contributed by atoms with Gasteiger partial charge >= 0.3 is 0 Å². The highest BCUT2D eigenvalue weighted by atomic mass is 32.2. The number of fused-ring (bicyclic) bond motifs is 2. The van der Waals surface area contributed by atoms with Crippen LogP contribution in [0, 0.1) is 11.8 Å². The molecule has 1 aromatic heterocycles. The fourth-order valence-electron chi connectivity index (χ4n) is 3.93. The first kappa shape index (κ1) is 19.8. The van der Waals surface area contributed by atoms with E-state index in [0.717, 1.165) is 5.82 Å². The Morgan fingerprint density at radius 2 is 1.83 bits per heavy atom. The Bertz CT molecular complexity index is 1020. The van der Waals surface area contributed by atoms with Crippen molar-refractivity contribution in [3.63, 3.8) is 0 Å². The van der Waals surface area contributed by atoms with Crippen LogP contribution in [0.25, 0.3) is 0 Å². The molecule has 0 saturated carbocycles. The highest BCUT2D eigenvalue weighted by molar-refractivity contribution is 7.86. The maximum Gasteiger partial charge on any atom is 0.293 e. The summed E-state index contributed by atoms with van der Waals surface area (Å²) >= 11 is 0. The first-order valence-electron chi connectivity index (χ1n) is 9.34. The smallest absolute Gasteiger partial charge is 0.293 e. The second-order valence-corrected chi connectivity index (χ2v) is 9.71. The normalized spacial score (nSPS) is 21.7. The Morgan fingerprint density at radius 3 is 2.48 bits per heavy atom. The summed E-state index contributed by atoms with van der Waals surface area (Å²) < 4.78 is 34.6. The molecule has 1 amide bonds. The Labute approximate surface area is 169 Å². The second kappa shape index (κ2) is 7.39. The molecule has 11 heteroatoms. The number of hydrogen-bond donors (Lipinski definition) is 1. The predicted molar refractivity (Wildman–Crippen MR) is 106 cm³/mol. The van der Waals surface area contributed by atoms with Gasteiger partial charge in [0, 0.05) is 45.8 Å². The maximum atomic E-state index is 12.7. The van der Waals surface area contributed by atoms with Crippen LogP contribution in [0.2, 0.25) is 0 Å². The van der Waals surface area contributed by atoms with Crippen molar-refractivity contribution < 1.29 is 17.9 Å². The average Bonchev–Trinajstić information content (AvgIpc) is 3.30. The Hall–Kier alpha value is -2.50. The van der Waals surface area contributed by atoms with Crippen molar-refractivity contribution in [2.24, 2.45) is 11.8 Å². The van der Waals surface area contributed by atoms with Crippen molar-refractivity contribution in [3.05, 3.63) is 35.9 Å². The summed E-state index contributed by atoms with van der Waals surface area (Å²) in [4.78, 5) is 12.7. The molecule has 29 heavy (non-hydrogen) atoms. The molecule has 156 valence electrons. The van der Waals surface area contributed by atoms with E-state index in [9.17, 15) is 13.2 Å². The zero-order chi connectivity index (χ0) is 20.8. The molecular weight excluding hydrogens is 396 g/mol. The molecule has 0 spiro atoms. The minimum atomic E-state index is -3.45. The van der Waals surface area contributed by atoms with Gasteiger partial charge in [-0.3, -0.25) is 4.79 Å². The average molecular weight is 420 g/mol. The number of rotatable bonds is 5. The zero-order valence-electron chi connectivity index (χ0n) is 16.6. The third kappa shape index (κ3) is 3.61. The van der Waals surface area contributed by atoms with Gasteiger partial charge in [0.1, 0.15) is 11.6 Å². The molecule has 3 heterocycles. The standard InChI is InChI=1S/C18H24N6O4S/c1-22(2)29(26,27)23-9-12-8-16-20-21-17(24(16)11-13(12)10-23)18(25)19-14-4-6-15(28-3)7-5-14/h4-7,12-13H,8-11H2,1-3H3,(H,19,25)/t12-,13+/m1/s1. The number of anilines is 1. The van der Waals surface area contributed by atoms with Crippen LogP contribution in [0.1, 0.15) is 16.4 Å². The third-order valence-electron chi connectivity index (χ3n) is 5.57. The van der Waals surface area contributed by atoms with Gasteiger partial charge in [0.25, 0.3) is 16.1 Å². The van der Waals surface area contributed by atoms with Gasteiger partial charge in [0.05, 0.1) is 7.11 Å². The maximum absolute atomic E-state index is 12.7. The lowest BCUT2D eigenvalue weighted by Crippen LogP contribution is -2.38. The van der Waals surface area contributed by atoms with Crippen LogP contribution in [-0.2, 0) is 23.2 Å². The molecule has 1 saturated heterocycles. The van der Waals surface area contributed by atoms with Gasteiger partial charge in [0.2, 0.25) is 5.82 Å². The van der Waals surface area contributed by atoms with Crippen molar-refractivity contribution in [2.45, 2.75) is 13.0 Å². The molecule has 0 unspecified atom stereocenters. The van der Waals surface area contributed by atoms with Gasteiger partial charge in [-0.1, -0.05) is 0 Å². The van der Waals surface area contributed by atoms with Crippen LogP contribution < -0.4 is 10.1 Å². The fourth-order valence-corrected chi connectivity index (χ4v) is 5.15. The highest BCUT2D eigenvalue weighted by Crippen LogP contribution is 2.34. The first-order chi connectivity index (χ1) is 13.8. The molecule has 0 bridgehead atoms. The summed E-state index contributed by atoms with van der Waals surface area (Å²) in [5, 5.41) is 11.1. The van der Waals surface area contributed by atoms with Gasteiger partial charge in [-0.15, -0.1) is 10.2 Å². The molecule has 0 radical (unpaired) electrons. The molecule has 4 rings (SSSR count). The van der Waals surface area contributed by atoms with Crippen LogP contribution >= 0.6 is 0 Å². The number of amides is 1. The van der Waals surface area contributed by atoms with Gasteiger partial charge in [-0.2, -0.15) is 17.0 Å². The lowest BCUT2D eigenvalue weighted by atomic mass is 9.89. The lowest BCUT2D eigenvalue weighted by Gasteiger charge is -2.25. The van der Waals surface area contributed by atoms with Crippen molar-refractivity contribution in [2.75, 3.05) is 39.6 Å². The molecular formula is C18H24N6O4S. The number of nitrogens with zero attached hydrogens (tertiary/aromatic N) is 5. The molecule has 1 aromatic carbocycles. The van der Waals surface area contributed by atoms with Gasteiger partial charge in [-0.25, -0.2) is 0 Å². The first-order valence-corrected chi connectivity index (χ1v) is 10.7. The number of methoxy groups -OCH3 is 1. The van der Waals surface area contributed by atoms with Crippen molar-refractivity contribution in [3.8, 4) is 5.75 Å². The van der Waals surface area contributed by atoms with E-state index in [4.69, 9.17) is 4.74 Å². The monoisotopic (exact) mass is 420 g/mol. The molecule has 2 aromatic rings. The van der Waals surface area contributed by atoms with Crippen LogP contribution in [0.3, 0.4) is 0 Å². The molecule has 2 aliphatic heterocycles. The van der Waals surface area contributed by atoms with E-state index < -0.39 is 10.2 Å². The van der Waals surface area contributed by atoms with E-state index in [-0.39, 0.29) is 23.6 Å². The van der Waals surface area contributed by atoms with Crippen molar-refractivity contribution in [1.82, 2.24) is 23.4 Å². The largest absolute Gasteiger partial charge is 0.497 e. The Balaban J connectivity index is 1.49. The van der Waals surface area contributed by atoms with E-state index in [1.807, 2.05) is 4.57 Å². The Kier molecular flexibility index (Phi) is 5.05. The van der Waals surface area contributed by atoms with Gasteiger partial charge < -0.3 is 14.6 Å².